The van der Waals surface area contributed by atoms with E-state index in [2.05, 4.69) is 35.6 Å². The Hall–Kier alpha value is -1.80. The number of hydrogen-bond acceptors (Lipinski definition) is 5. The summed E-state index contributed by atoms with van der Waals surface area (Å²) in [7, 11) is 0. The van der Waals surface area contributed by atoms with E-state index in [9.17, 15) is 4.79 Å². The van der Waals surface area contributed by atoms with Crippen LogP contribution in [0.5, 0.6) is 0 Å². The summed E-state index contributed by atoms with van der Waals surface area (Å²) in [6, 6.07) is 0. The van der Waals surface area contributed by atoms with E-state index < -0.39 is 12.1 Å². The fourth-order valence-corrected chi connectivity index (χ4v) is 2.92. The van der Waals surface area contributed by atoms with Crippen LogP contribution in [0.4, 0.5) is 0 Å². The molecule has 0 bridgehead atoms. The lowest BCUT2D eigenvalue weighted by atomic mass is 9.89. The molecule has 1 fully saturated rings. The number of hydrogen-bond donors (Lipinski definition) is 0. The Labute approximate surface area is 144 Å². The van der Waals surface area contributed by atoms with Gasteiger partial charge >= 0.3 is 5.97 Å². The number of esters is 1. The molecule has 132 valence electrons. The van der Waals surface area contributed by atoms with E-state index in [1.165, 1.54) is 25.5 Å². The lowest BCUT2D eigenvalue weighted by Gasteiger charge is -2.17. The largest absolute Gasteiger partial charge is 0.448 e. The van der Waals surface area contributed by atoms with Crippen molar-refractivity contribution >= 4 is 5.97 Å². The first-order valence-corrected chi connectivity index (χ1v) is 9.01. The first-order valence-electron chi connectivity index (χ1n) is 9.01. The Bertz CT molecular complexity index is 575. The van der Waals surface area contributed by atoms with Crippen LogP contribution in [-0.4, -0.2) is 41.6 Å². The molecule has 1 aliphatic carbocycles. The Balaban J connectivity index is 1.85. The van der Waals surface area contributed by atoms with Crippen LogP contribution < -0.4 is 0 Å². The van der Waals surface area contributed by atoms with Crippen molar-refractivity contribution in [2.75, 3.05) is 19.6 Å². The van der Waals surface area contributed by atoms with Gasteiger partial charge in [-0.25, -0.2) is 9.78 Å². The summed E-state index contributed by atoms with van der Waals surface area (Å²) in [6.07, 6.45) is 6.79. The molecule has 1 atom stereocenters. The zero-order valence-electron chi connectivity index (χ0n) is 15.0. The SMILES string of the molecule is CCN(CC)CC#CC(C)OC(=O)c1coc(C2CCCCC2)n1. The molecular weight excluding hydrogens is 304 g/mol. The van der Waals surface area contributed by atoms with Crippen molar-refractivity contribution in [3.8, 4) is 11.8 Å². The fourth-order valence-electron chi connectivity index (χ4n) is 2.92. The quantitative estimate of drug-likeness (QED) is 0.588. The van der Waals surface area contributed by atoms with E-state index in [0.29, 0.717) is 18.4 Å². The Morgan fingerprint density at radius 2 is 2.08 bits per heavy atom. The Morgan fingerprint density at radius 1 is 1.38 bits per heavy atom. The van der Waals surface area contributed by atoms with Crippen molar-refractivity contribution in [2.24, 2.45) is 0 Å². The van der Waals surface area contributed by atoms with Crippen LogP contribution in [-0.2, 0) is 4.74 Å². The number of carbonyl (C=O) groups is 1. The van der Waals surface area contributed by atoms with Crippen LogP contribution in [0.25, 0.3) is 0 Å². The molecule has 5 heteroatoms. The average Bonchev–Trinajstić information content (AvgIpc) is 3.10. The molecule has 1 heterocycles. The molecular formula is C19H28N2O3. The number of rotatable bonds is 6. The van der Waals surface area contributed by atoms with Gasteiger partial charge in [-0.05, 0) is 32.9 Å². The Morgan fingerprint density at radius 3 is 2.75 bits per heavy atom. The third-order valence-corrected chi connectivity index (χ3v) is 4.47. The molecule has 0 N–H and O–H groups in total. The Kier molecular flexibility index (Phi) is 7.33. The molecule has 24 heavy (non-hydrogen) atoms. The molecule has 1 unspecified atom stereocenters. The maximum atomic E-state index is 12.1. The van der Waals surface area contributed by atoms with Gasteiger partial charge in [0.2, 0.25) is 0 Å². The van der Waals surface area contributed by atoms with Crippen LogP contribution in [0.2, 0.25) is 0 Å². The van der Waals surface area contributed by atoms with Gasteiger partial charge < -0.3 is 9.15 Å². The predicted octanol–water partition coefficient (Wildman–Crippen LogP) is 3.61. The smallest absolute Gasteiger partial charge is 0.361 e. The predicted molar refractivity (Wildman–Crippen MR) is 92.8 cm³/mol. The van der Waals surface area contributed by atoms with E-state index in [-0.39, 0.29) is 5.69 Å². The molecule has 2 rings (SSSR count). The van der Waals surface area contributed by atoms with Crippen LogP contribution in [0, 0.1) is 11.8 Å². The van der Waals surface area contributed by atoms with Crippen LogP contribution >= 0.6 is 0 Å². The van der Waals surface area contributed by atoms with E-state index in [0.717, 1.165) is 25.9 Å². The lowest BCUT2D eigenvalue weighted by molar-refractivity contribution is 0.0431. The third kappa shape index (κ3) is 5.38. The molecule has 1 aromatic rings. The van der Waals surface area contributed by atoms with Crippen molar-refractivity contribution in [1.29, 1.82) is 0 Å². The number of ether oxygens (including phenoxy) is 1. The molecule has 0 amide bonds. The standard InChI is InChI=1S/C19H28N2O3/c1-4-21(5-2)13-9-10-15(3)24-19(22)17-14-23-18(20-17)16-11-7-6-8-12-16/h14-16H,4-8,11-13H2,1-3H3. The number of nitrogens with zero attached hydrogens (tertiary/aromatic N) is 2. The van der Waals surface area contributed by atoms with Crippen LogP contribution in [0.15, 0.2) is 10.7 Å². The molecule has 1 aliphatic rings. The maximum Gasteiger partial charge on any atom is 0.361 e. The number of oxazole rings is 1. The van der Waals surface area contributed by atoms with Gasteiger partial charge in [0.05, 0.1) is 6.54 Å². The summed E-state index contributed by atoms with van der Waals surface area (Å²) >= 11 is 0. The summed E-state index contributed by atoms with van der Waals surface area (Å²) in [6.45, 7) is 8.58. The summed E-state index contributed by atoms with van der Waals surface area (Å²) in [5, 5.41) is 0. The van der Waals surface area contributed by atoms with Crippen molar-refractivity contribution in [3.63, 3.8) is 0 Å². The van der Waals surface area contributed by atoms with Gasteiger partial charge in [0.1, 0.15) is 6.26 Å². The molecule has 0 aromatic carbocycles. The summed E-state index contributed by atoms with van der Waals surface area (Å²) in [5.41, 5.74) is 0.243. The van der Waals surface area contributed by atoms with Gasteiger partial charge in [0.15, 0.2) is 17.7 Å². The third-order valence-electron chi connectivity index (χ3n) is 4.47. The lowest BCUT2D eigenvalue weighted by Crippen LogP contribution is -2.23. The highest BCUT2D eigenvalue weighted by molar-refractivity contribution is 5.87. The van der Waals surface area contributed by atoms with Crippen LogP contribution in [0.3, 0.4) is 0 Å². The van der Waals surface area contributed by atoms with E-state index in [1.54, 1.807) is 6.92 Å². The second-order valence-corrected chi connectivity index (χ2v) is 6.24. The topological polar surface area (TPSA) is 55.6 Å². The summed E-state index contributed by atoms with van der Waals surface area (Å²) in [4.78, 5) is 18.7. The van der Waals surface area contributed by atoms with E-state index >= 15 is 0 Å². The van der Waals surface area contributed by atoms with Gasteiger partial charge in [0.25, 0.3) is 0 Å². The highest BCUT2D eigenvalue weighted by Crippen LogP contribution is 2.32. The van der Waals surface area contributed by atoms with E-state index in [1.807, 2.05) is 0 Å². The molecule has 0 radical (unpaired) electrons. The minimum atomic E-state index is -0.467. The zero-order chi connectivity index (χ0) is 17.4. The fraction of sp³-hybridized carbons (Fsp3) is 0.684. The first kappa shape index (κ1) is 18.5. The molecule has 0 spiro atoms. The van der Waals surface area contributed by atoms with Crippen molar-refractivity contribution in [2.45, 2.75) is 64.9 Å². The second-order valence-electron chi connectivity index (χ2n) is 6.24. The minimum absolute atomic E-state index is 0.243. The van der Waals surface area contributed by atoms with Gasteiger partial charge in [0, 0.05) is 5.92 Å². The summed E-state index contributed by atoms with van der Waals surface area (Å²) < 4.78 is 10.8. The number of carbonyl (C=O) groups excluding carboxylic acids is 1. The highest BCUT2D eigenvalue weighted by atomic mass is 16.5. The molecule has 0 aliphatic heterocycles. The maximum absolute atomic E-state index is 12.1. The number of aromatic nitrogens is 1. The van der Waals surface area contributed by atoms with Gasteiger partial charge in [-0.1, -0.05) is 45.0 Å². The monoisotopic (exact) mass is 332 g/mol. The van der Waals surface area contributed by atoms with E-state index in [4.69, 9.17) is 9.15 Å². The second kappa shape index (κ2) is 9.48. The molecule has 1 saturated carbocycles. The first-order chi connectivity index (χ1) is 11.6. The molecule has 1 aromatic heterocycles. The highest BCUT2D eigenvalue weighted by Gasteiger charge is 2.23. The average molecular weight is 332 g/mol. The van der Waals surface area contributed by atoms with Crippen molar-refractivity contribution in [1.82, 2.24) is 9.88 Å². The molecule has 0 saturated heterocycles. The van der Waals surface area contributed by atoms with Gasteiger partial charge in [-0.3, -0.25) is 4.90 Å². The van der Waals surface area contributed by atoms with Crippen molar-refractivity contribution in [3.05, 3.63) is 17.8 Å². The molecule has 5 nitrogen and oxygen atoms in total. The van der Waals surface area contributed by atoms with Crippen molar-refractivity contribution < 1.29 is 13.9 Å². The minimum Gasteiger partial charge on any atom is -0.448 e. The summed E-state index contributed by atoms with van der Waals surface area (Å²) in [5.74, 6) is 6.56. The van der Waals surface area contributed by atoms with Crippen LogP contribution in [0.1, 0.15) is 75.2 Å². The van der Waals surface area contributed by atoms with Gasteiger partial charge in [-0.15, -0.1) is 0 Å². The zero-order valence-corrected chi connectivity index (χ0v) is 15.0. The normalized spacial score (nSPS) is 16.5. The van der Waals surface area contributed by atoms with Gasteiger partial charge in [-0.2, -0.15) is 0 Å².